The van der Waals surface area contributed by atoms with Gasteiger partial charge in [0.2, 0.25) is 0 Å². The molecule has 4 heteroatoms. The summed E-state index contributed by atoms with van der Waals surface area (Å²) in [4.78, 5) is 0. The van der Waals surface area contributed by atoms with E-state index in [1.807, 2.05) is 0 Å². The predicted molar refractivity (Wildman–Crippen MR) is 83.8 cm³/mol. The normalized spacial score (nSPS) is 54.9. The van der Waals surface area contributed by atoms with Crippen molar-refractivity contribution in [2.45, 2.75) is 88.4 Å². The summed E-state index contributed by atoms with van der Waals surface area (Å²) in [6.45, 7) is 0. The summed E-state index contributed by atoms with van der Waals surface area (Å²) < 4.78 is 0. The van der Waals surface area contributed by atoms with Crippen LogP contribution in [0.4, 0.5) is 0 Å². The van der Waals surface area contributed by atoms with Crippen molar-refractivity contribution in [2.24, 2.45) is 34.1 Å². The van der Waals surface area contributed by atoms with E-state index in [0.717, 1.165) is 47.8 Å². The third-order valence-electron chi connectivity index (χ3n) is 7.92. The third-order valence-corrected chi connectivity index (χ3v) is 7.92. The van der Waals surface area contributed by atoms with Gasteiger partial charge >= 0.3 is 0 Å². The molecular formula is C18H28N4. The molecular weight excluding hydrogens is 272 g/mol. The van der Waals surface area contributed by atoms with Gasteiger partial charge in [0.1, 0.15) is 0 Å². The molecule has 0 radical (unpaired) electrons. The topological polar surface area (TPSA) is 31.2 Å². The van der Waals surface area contributed by atoms with Gasteiger partial charge in [-0.2, -0.15) is 0 Å². The fourth-order valence-corrected chi connectivity index (χ4v) is 7.41. The summed E-state index contributed by atoms with van der Waals surface area (Å²) in [5.74, 6) is 4.04. The van der Waals surface area contributed by atoms with Crippen LogP contribution in [0.3, 0.4) is 0 Å². The Hall–Kier alpha value is -0.800. The number of piperidine rings is 4. The Morgan fingerprint density at radius 2 is 0.682 bits per heavy atom. The second-order valence-corrected chi connectivity index (χ2v) is 9.38. The van der Waals surface area contributed by atoms with E-state index in [0.29, 0.717) is 0 Å². The van der Waals surface area contributed by atoms with Crippen molar-refractivity contribution in [1.29, 1.82) is 0 Å². The first kappa shape index (κ1) is 12.6. The molecule has 0 aromatic carbocycles. The van der Waals surface area contributed by atoms with Crippen molar-refractivity contribution in [3.8, 4) is 0 Å². The first-order chi connectivity index (χ1) is 10.8. The third kappa shape index (κ3) is 1.75. The SMILES string of the molecule is C1C2CC3CC1CC(C2)N3N=NN1C2CC3CC(C2)CC1C3. The van der Waals surface area contributed by atoms with E-state index in [1.54, 1.807) is 0 Å². The molecule has 8 bridgehead atoms. The smallest absolute Gasteiger partial charge is 0.0496 e. The fraction of sp³-hybridized carbons (Fsp3) is 1.00. The molecule has 22 heavy (non-hydrogen) atoms. The Morgan fingerprint density at radius 3 is 0.955 bits per heavy atom. The van der Waals surface area contributed by atoms with Gasteiger partial charge in [-0.05, 0) is 87.9 Å². The fourth-order valence-electron chi connectivity index (χ4n) is 7.41. The average Bonchev–Trinajstić information content (AvgIpc) is 2.47. The van der Waals surface area contributed by atoms with Crippen LogP contribution in [0.5, 0.6) is 0 Å². The van der Waals surface area contributed by atoms with Crippen LogP contribution in [0.25, 0.3) is 0 Å². The van der Waals surface area contributed by atoms with Gasteiger partial charge in [0.25, 0.3) is 0 Å². The van der Waals surface area contributed by atoms with Gasteiger partial charge in [0, 0.05) is 24.2 Å². The van der Waals surface area contributed by atoms with Crippen molar-refractivity contribution in [3.05, 3.63) is 0 Å². The molecule has 8 fully saturated rings. The molecule has 8 rings (SSSR count). The standard InChI is InChI=1S/C18H28N4/c1-11-3-15-5-12(1)6-16(4-11)21(15)19-20-22-17-7-13-2-14(9-17)10-18(22)8-13/h11-18H,1-10H2. The minimum atomic E-state index is 0.720. The second kappa shape index (κ2) is 4.39. The Kier molecular flexibility index (Phi) is 2.51. The molecule has 4 saturated carbocycles. The van der Waals surface area contributed by atoms with Gasteiger partial charge in [0.15, 0.2) is 0 Å². The zero-order valence-corrected chi connectivity index (χ0v) is 13.5. The maximum absolute atomic E-state index is 4.85. The van der Waals surface area contributed by atoms with Gasteiger partial charge < -0.3 is 0 Å². The maximum atomic E-state index is 4.85. The van der Waals surface area contributed by atoms with Crippen LogP contribution in [0, 0.1) is 23.7 Å². The summed E-state index contributed by atoms with van der Waals surface area (Å²) in [5.41, 5.74) is 0. The lowest BCUT2D eigenvalue weighted by atomic mass is 9.64. The zero-order valence-electron chi connectivity index (χ0n) is 13.5. The molecule has 0 unspecified atom stereocenters. The first-order valence-corrected chi connectivity index (χ1v) is 9.80. The van der Waals surface area contributed by atoms with E-state index in [-0.39, 0.29) is 0 Å². The van der Waals surface area contributed by atoms with E-state index in [2.05, 4.69) is 10.0 Å². The number of rotatable bonds is 2. The highest BCUT2D eigenvalue weighted by Crippen LogP contribution is 2.51. The minimum Gasteiger partial charge on any atom is -0.271 e. The quantitative estimate of drug-likeness (QED) is 0.726. The lowest BCUT2D eigenvalue weighted by Gasteiger charge is -2.56. The molecule has 0 atom stereocenters. The summed E-state index contributed by atoms with van der Waals surface area (Å²) in [5, 5.41) is 14.6. The molecule has 0 spiro atoms. The molecule has 4 aliphatic carbocycles. The highest BCUT2D eigenvalue weighted by molar-refractivity contribution is 5.01. The van der Waals surface area contributed by atoms with Gasteiger partial charge in [-0.3, -0.25) is 10.0 Å². The zero-order chi connectivity index (χ0) is 14.3. The van der Waals surface area contributed by atoms with Crippen LogP contribution in [0.15, 0.2) is 10.4 Å². The Bertz CT molecular complexity index is 401. The number of nitrogens with zero attached hydrogens (tertiary/aromatic N) is 4. The highest BCUT2D eigenvalue weighted by atomic mass is 15.7. The molecule has 0 aromatic rings. The summed E-state index contributed by atoms with van der Waals surface area (Å²) in [7, 11) is 0. The minimum absolute atomic E-state index is 0.720. The molecule has 0 aromatic heterocycles. The number of hydrogen-bond donors (Lipinski definition) is 0. The summed E-state index contributed by atoms with van der Waals surface area (Å²) >= 11 is 0. The van der Waals surface area contributed by atoms with Crippen LogP contribution in [0.1, 0.15) is 64.2 Å². The molecule has 4 aliphatic heterocycles. The Labute approximate surface area is 133 Å². The van der Waals surface area contributed by atoms with Crippen LogP contribution >= 0.6 is 0 Å². The van der Waals surface area contributed by atoms with Gasteiger partial charge in [-0.1, -0.05) is 10.4 Å². The number of hydrogen-bond acceptors (Lipinski definition) is 2. The Balaban J connectivity index is 1.22. The highest BCUT2D eigenvalue weighted by Gasteiger charge is 2.49. The van der Waals surface area contributed by atoms with Crippen molar-refractivity contribution < 1.29 is 0 Å². The maximum Gasteiger partial charge on any atom is 0.0496 e. The van der Waals surface area contributed by atoms with Crippen molar-refractivity contribution in [2.75, 3.05) is 0 Å². The van der Waals surface area contributed by atoms with Gasteiger partial charge in [-0.25, -0.2) is 0 Å². The lowest BCUT2D eigenvalue weighted by Crippen LogP contribution is -2.57. The molecule has 0 amide bonds. The average molecular weight is 300 g/mol. The van der Waals surface area contributed by atoms with Crippen molar-refractivity contribution >= 4 is 0 Å². The molecule has 4 nitrogen and oxygen atoms in total. The molecule has 4 heterocycles. The van der Waals surface area contributed by atoms with E-state index in [9.17, 15) is 0 Å². The van der Waals surface area contributed by atoms with Crippen LogP contribution in [0.2, 0.25) is 0 Å². The summed E-state index contributed by atoms with van der Waals surface area (Å²) in [6.07, 6.45) is 14.2. The second-order valence-electron chi connectivity index (χ2n) is 9.38. The summed E-state index contributed by atoms with van der Waals surface area (Å²) in [6, 6.07) is 2.88. The van der Waals surface area contributed by atoms with Crippen molar-refractivity contribution in [3.63, 3.8) is 0 Å². The molecule has 4 saturated heterocycles. The van der Waals surface area contributed by atoms with E-state index in [1.165, 1.54) is 64.2 Å². The van der Waals surface area contributed by atoms with Crippen LogP contribution in [-0.4, -0.2) is 34.2 Å². The molecule has 120 valence electrons. The van der Waals surface area contributed by atoms with Gasteiger partial charge in [0.05, 0.1) is 0 Å². The van der Waals surface area contributed by atoms with Crippen molar-refractivity contribution in [1.82, 2.24) is 10.0 Å². The Morgan fingerprint density at radius 1 is 0.409 bits per heavy atom. The monoisotopic (exact) mass is 300 g/mol. The largest absolute Gasteiger partial charge is 0.271 e. The van der Waals surface area contributed by atoms with E-state index in [4.69, 9.17) is 10.4 Å². The van der Waals surface area contributed by atoms with Crippen LogP contribution in [-0.2, 0) is 0 Å². The molecule has 8 aliphatic rings. The van der Waals surface area contributed by atoms with E-state index < -0.39 is 0 Å². The predicted octanol–water partition coefficient (Wildman–Crippen LogP) is 3.79. The lowest BCUT2D eigenvalue weighted by molar-refractivity contribution is -0.0909. The van der Waals surface area contributed by atoms with Crippen LogP contribution < -0.4 is 0 Å². The van der Waals surface area contributed by atoms with E-state index >= 15 is 0 Å². The first-order valence-electron chi connectivity index (χ1n) is 9.80. The van der Waals surface area contributed by atoms with Gasteiger partial charge in [-0.15, -0.1) is 0 Å². The molecule has 0 N–H and O–H groups in total.